The van der Waals surface area contributed by atoms with Crippen molar-refractivity contribution in [3.63, 3.8) is 0 Å². The van der Waals surface area contributed by atoms with E-state index < -0.39 is 5.97 Å². The Bertz CT molecular complexity index is 625. The molecule has 0 radical (unpaired) electrons. The average Bonchev–Trinajstić information content (AvgIpc) is 2.76. The number of hydrogen-bond donors (Lipinski definition) is 3. The highest BCUT2D eigenvalue weighted by molar-refractivity contribution is 5.96. The van der Waals surface area contributed by atoms with Crippen molar-refractivity contribution in [3.05, 3.63) is 52.3 Å². The first-order chi connectivity index (χ1) is 9.49. The second kappa shape index (κ2) is 5.56. The van der Waals surface area contributed by atoms with Crippen molar-refractivity contribution in [1.29, 1.82) is 0 Å². The average molecular weight is 273 g/mol. The van der Waals surface area contributed by atoms with Crippen LogP contribution in [-0.2, 0) is 6.54 Å². The second-order valence-electron chi connectivity index (χ2n) is 4.49. The van der Waals surface area contributed by atoms with Gasteiger partial charge in [-0.1, -0.05) is 12.1 Å². The van der Waals surface area contributed by atoms with Crippen LogP contribution < -0.4 is 5.32 Å². The van der Waals surface area contributed by atoms with Crippen molar-refractivity contribution in [1.82, 2.24) is 15.5 Å². The number of aryl methyl sites for hydroxylation is 2. The van der Waals surface area contributed by atoms with E-state index in [-0.39, 0.29) is 11.5 Å². The Balaban J connectivity index is 2.02. The molecule has 0 fully saturated rings. The van der Waals surface area contributed by atoms with Gasteiger partial charge in [0.1, 0.15) is 0 Å². The number of H-pyrrole nitrogens is 1. The highest BCUT2D eigenvalue weighted by atomic mass is 16.4. The first-order valence-corrected chi connectivity index (χ1v) is 6.11. The number of aromatic amines is 1. The lowest BCUT2D eigenvalue weighted by Gasteiger charge is -2.06. The molecule has 1 aromatic carbocycles. The minimum Gasteiger partial charge on any atom is -0.478 e. The highest BCUT2D eigenvalue weighted by Gasteiger charge is 2.14. The normalized spacial score (nSPS) is 10.3. The molecule has 20 heavy (non-hydrogen) atoms. The van der Waals surface area contributed by atoms with Gasteiger partial charge in [0, 0.05) is 12.2 Å². The van der Waals surface area contributed by atoms with Crippen LogP contribution >= 0.6 is 0 Å². The van der Waals surface area contributed by atoms with Crippen LogP contribution in [0.5, 0.6) is 0 Å². The number of nitrogens with one attached hydrogen (secondary N) is 2. The molecule has 0 spiro atoms. The Kier molecular flexibility index (Phi) is 3.84. The summed E-state index contributed by atoms with van der Waals surface area (Å²) in [6, 6.07) is 6.38. The molecule has 0 aliphatic rings. The smallest absolute Gasteiger partial charge is 0.335 e. The van der Waals surface area contributed by atoms with E-state index in [9.17, 15) is 9.59 Å². The molecule has 1 aromatic heterocycles. The molecule has 0 bridgehead atoms. The molecule has 0 atom stereocenters. The Morgan fingerprint density at radius 3 is 2.40 bits per heavy atom. The van der Waals surface area contributed by atoms with Crippen LogP contribution in [0, 0.1) is 13.8 Å². The molecule has 2 rings (SSSR count). The number of carbonyl (C=O) groups excluding carboxylic acids is 1. The van der Waals surface area contributed by atoms with Gasteiger partial charge in [0.2, 0.25) is 0 Å². The first kappa shape index (κ1) is 13.8. The number of benzene rings is 1. The molecule has 2 aromatic rings. The molecular weight excluding hydrogens is 258 g/mol. The molecule has 6 heteroatoms. The van der Waals surface area contributed by atoms with Gasteiger partial charge in [-0.2, -0.15) is 5.10 Å². The summed E-state index contributed by atoms with van der Waals surface area (Å²) in [5.41, 5.74) is 2.98. The van der Waals surface area contributed by atoms with Crippen molar-refractivity contribution in [3.8, 4) is 0 Å². The van der Waals surface area contributed by atoms with Crippen LogP contribution in [-0.4, -0.2) is 27.2 Å². The predicted octanol–water partition coefficient (Wildman–Crippen LogP) is 1.65. The summed E-state index contributed by atoms with van der Waals surface area (Å²) in [4.78, 5) is 22.8. The van der Waals surface area contributed by atoms with E-state index in [1.54, 1.807) is 26.0 Å². The monoisotopic (exact) mass is 273 g/mol. The second-order valence-corrected chi connectivity index (χ2v) is 4.49. The van der Waals surface area contributed by atoms with Gasteiger partial charge in [0.25, 0.3) is 5.91 Å². The largest absolute Gasteiger partial charge is 0.478 e. The van der Waals surface area contributed by atoms with E-state index in [0.717, 1.165) is 11.3 Å². The van der Waals surface area contributed by atoms with Crippen molar-refractivity contribution < 1.29 is 14.7 Å². The summed E-state index contributed by atoms with van der Waals surface area (Å²) in [5, 5.41) is 18.3. The van der Waals surface area contributed by atoms with Crippen molar-refractivity contribution in [2.45, 2.75) is 20.4 Å². The maximum absolute atomic E-state index is 12.0. The third-order valence-electron chi connectivity index (χ3n) is 3.01. The maximum Gasteiger partial charge on any atom is 0.335 e. The van der Waals surface area contributed by atoms with Gasteiger partial charge in [-0.15, -0.1) is 0 Å². The standard InChI is InChI=1S/C14H15N3O3/c1-8-12(9(2)17-16-8)13(18)15-7-10-3-5-11(6-4-10)14(19)20/h3-6H,7H2,1-2H3,(H,15,18)(H,16,17)(H,19,20). The number of aromatic carboxylic acids is 1. The number of carboxylic acids is 1. The molecule has 1 heterocycles. The lowest BCUT2D eigenvalue weighted by molar-refractivity contribution is 0.0696. The summed E-state index contributed by atoms with van der Waals surface area (Å²) in [6.07, 6.45) is 0. The fourth-order valence-corrected chi connectivity index (χ4v) is 1.92. The quantitative estimate of drug-likeness (QED) is 0.789. The van der Waals surface area contributed by atoms with E-state index in [1.165, 1.54) is 12.1 Å². The van der Waals surface area contributed by atoms with Crippen LogP contribution in [0.25, 0.3) is 0 Å². The first-order valence-electron chi connectivity index (χ1n) is 6.11. The lowest BCUT2D eigenvalue weighted by atomic mass is 10.1. The number of carbonyl (C=O) groups is 2. The molecule has 6 nitrogen and oxygen atoms in total. The van der Waals surface area contributed by atoms with Gasteiger partial charge < -0.3 is 10.4 Å². The predicted molar refractivity (Wildman–Crippen MR) is 72.6 cm³/mol. The Labute approximate surface area is 115 Å². The Morgan fingerprint density at radius 2 is 1.90 bits per heavy atom. The molecular formula is C14H15N3O3. The molecule has 1 amide bonds. The zero-order chi connectivity index (χ0) is 14.7. The van der Waals surface area contributed by atoms with Crippen LogP contribution in [0.2, 0.25) is 0 Å². The van der Waals surface area contributed by atoms with E-state index >= 15 is 0 Å². The molecule has 0 unspecified atom stereocenters. The number of hydrogen-bond acceptors (Lipinski definition) is 3. The van der Waals surface area contributed by atoms with Gasteiger partial charge >= 0.3 is 5.97 Å². The summed E-state index contributed by atoms with van der Waals surface area (Å²) in [5.74, 6) is -1.17. The number of aromatic nitrogens is 2. The molecule has 104 valence electrons. The molecule has 0 saturated heterocycles. The zero-order valence-corrected chi connectivity index (χ0v) is 11.2. The third-order valence-corrected chi connectivity index (χ3v) is 3.01. The van der Waals surface area contributed by atoms with Crippen molar-refractivity contribution in [2.24, 2.45) is 0 Å². The molecule has 0 aliphatic heterocycles. The van der Waals surface area contributed by atoms with E-state index in [0.29, 0.717) is 17.8 Å². The number of carboxylic acid groups (broad SMARTS) is 1. The summed E-state index contributed by atoms with van der Waals surface area (Å²) in [6.45, 7) is 3.89. The summed E-state index contributed by atoms with van der Waals surface area (Å²) in [7, 11) is 0. The van der Waals surface area contributed by atoms with E-state index in [4.69, 9.17) is 5.11 Å². The fourth-order valence-electron chi connectivity index (χ4n) is 1.92. The Morgan fingerprint density at radius 1 is 1.25 bits per heavy atom. The molecule has 3 N–H and O–H groups in total. The number of nitrogens with zero attached hydrogens (tertiary/aromatic N) is 1. The zero-order valence-electron chi connectivity index (χ0n) is 11.2. The van der Waals surface area contributed by atoms with Crippen LogP contribution in [0.15, 0.2) is 24.3 Å². The van der Waals surface area contributed by atoms with Crippen LogP contribution in [0.1, 0.15) is 37.7 Å². The number of amides is 1. The van der Waals surface area contributed by atoms with Gasteiger partial charge in [-0.25, -0.2) is 4.79 Å². The fraction of sp³-hybridized carbons (Fsp3) is 0.214. The highest BCUT2D eigenvalue weighted by Crippen LogP contribution is 2.10. The Hall–Kier alpha value is -2.63. The molecule has 0 aliphatic carbocycles. The van der Waals surface area contributed by atoms with E-state index in [1.807, 2.05) is 0 Å². The summed E-state index contributed by atoms with van der Waals surface area (Å²) >= 11 is 0. The number of rotatable bonds is 4. The van der Waals surface area contributed by atoms with Crippen LogP contribution in [0.4, 0.5) is 0 Å². The van der Waals surface area contributed by atoms with Crippen molar-refractivity contribution >= 4 is 11.9 Å². The molecule has 0 saturated carbocycles. The van der Waals surface area contributed by atoms with Gasteiger partial charge in [-0.3, -0.25) is 9.89 Å². The van der Waals surface area contributed by atoms with Crippen LogP contribution in [0.3, 0.4) is 0 Å². The van der Waals surface area contributed by atoms with Gasteiger partial charge in [0.05, 0.1) is 16.8 Å². The van der Waals surface area contributed by atoms with Crippen molar-refractivity contribution in [2.75, 3.05) is 0 Å². The minimum absolute atomic E-state index is 0.198. The summed E-state index contributed by atoms with van der Waals surface area (Å²) < 4.78 is 0. The van der Waals surface area contributed by atoms with Gasteiger partial charge in [0.15, 0.2) is 0 Å². The van der Waals surface area contributed by atoms with E-state index in [2.05, 4.69) is 15.5 Å². The van der Waals surface area contributed by atoms with Gasteiger partial charge in [-0.05, 0) is 31.5 Å². The maximum atomic E-state index is 12.0. The third kappa shape index (κ3) is 2.85. The lowest BCUT2D eigenvalue weighted by Crippen LogP contribution is -2.23. The topological polar surface area (TPSA) is 95.1 Å². The minimum atomic E-state index is -0.967. The SMILES string of the molecule is Cc1n[nH]c(C)c1C(=O)NCc1ccc(C(=O)O)cc1.